The lowest BCUT2D eigenvalue weighted by molar-refractivity contribution is 0.103. The number of nitrogens with two attached hydrogens (primary N) is 1. The summed E-state index contributed by atoms with van der Waals surface area (Å²) >= 11 is 1.78. The molecule has 0 rings (SSSR count). The van der Waals surface area contributed by atoms with Crippen LogP contribution in [0.3, 0.4) is 0 Å². The lowest BCUT2D eigenvalue weighted by Gasteiger charge is -2.27. The number of hydrogen-bond donors (Lipinski definition) is 2. The van der Waals surface area contributed by atoms with Gasteiger partial charge < -0.3 is 10.8 Å². The summed E-state index contributed by atoms with van der Waals surface area (Å²) in [5.41, 5.74) is 5.47. The first-order valence-electron chi connectivity index (χ1n) is 4.36. The first-order chi connectivity index (χ1) is 5.43. The van der Waals surface area contributed by atoms with E-state index in [1.165, 1.54) is 0 Å². The molecule has 0 aliphatic rings. The summed E-state index contributed by atoms with van der Waals surface area (Å²) in [6.45, 7) is 6.83. The van der Waals surface area contributed by atoms with E-state index in [4.69, 9.17) is 5.73 Å². The molecule has 0 radical (unpaired) electrons. The SMILES string of the molecule is CSC(C)(C)CC(O)C(C)CN. The molecule has 0 heterocycles. The summed E-state index contributed by atoms with van der Waals surface area (Å²) in [4.78, 5) is 0. The number of rotatable bonds is 5. The van der Waals surface area contributed by atoms with Crippen LogP contribution in [0.4, 0.5) is 0 Å². The Kier molecular flexibility index (Phi) is 5.21. The average molecular weight is 191 g/mol. The summed E-state index contributed by atoms with van der Waals surface area (Å²) in [6.07, 6.45) is 2.62. The van der Waals surface area contributed by atoms with Gasteiger partial charge in [-0.3, -0.25) is 0 Å². The van der Waals surface area contributed by atoms with Crippen molar-refractivity contribution < 1.29 is 5.11 Å². The maximum absolute atomic E-state index is 9.69. The Bertz CT molecular complexity index is 128. The van der Waals surface area contributed by atoms with Crippen molar-refractivity contribution in [1.29, 1.82) is 0 Å². The summed E-state index contributed by atoms with van der Waals surface area (Å²) < 4.78 is 0.156. The molecule has 3 N–H and O–H groups in total. The second kappa shape index (κ2) is 5.10. The quantitative estimate of drug-likeness (QED) is 0.692. The Morgan fingerprint density at radius 2 is 2.00 bits per heavy atom. The van der Waals surface area contributed by atoms with Crippen molar-refractivity contribution in [2.75, 3.05) is 12.8 Å². The lowest BCUT2D eigenvalue weighted by atomic mass is 9.95. The molecule has 12 heavy (non-hydrogen) atoms. The zero-order valence-electron chi connectivity index (χ0n) is 8.50. The van der Waals surface area contributed by atoms with Crippen molar-refractivity contribution >= 4 is 11.8 Å². The van der Waals surface area contributed by atoms with Crippen molar-refractivity contribution in [3.05, 3.63) is 0 Å². The molecule has 2 unspecified atom stereocenters. The maximum atomic E-state index is 9.69. The van der Waals surface area contributed by atoms with Crippen LogP contribution >= 0.6 is 11.8 Å². The molecule has 0 aromatic carbocycles. The van der Waals surface area contributed by atoms with Crippen molar-refractivity contribution in [2.24, 2.45) is 11.7 Å². The minimum atomic E-state index is -0.266. The van der Waals surface area contributed by atoms with E-state index in [1.807, 2.05) is 6.92 Å². The van der Waals surface area contributed by atoms with Crippen LogP contribution < -0.4 is 5.73 Å². The molecule has 2 atom stereocenters. The van der Waals surface area contributed by atoms with E-state index in [1.54, 1.807) is 11.8 Å². The van der Waals surface area contributed by atoms with Gasteiger partial charge in [0.2, 0.25) is 0 Å². The zero-order chi connectivity index (χ0) is 9.78. The van der Waals surface area contributed by atoms with Gasteiger partial charge in [-0.2, -0.15) is 11.8 Å². The first kappa shape index (κ1) is 12.3. The second-order valence-electron chi connectivity index (χ2n) is 3.95. The molecule has 3 heteroatoms. The summed E-state index contributed by atoms with van der Waals surface area (Å²) in [5, 5.41) is 9.69. The average Bonchev–Trinajstić information content (AvgIpc) is 2.02. The van der Waals surface area contributed by atoms with E-state index in [0.29, 0.717) is 6.54 Å². The Hall–Kier alpha value is 0.270. The van der Waals surface area contributed by atoms with Gasteiger partial charge in [-0.05, 0) is 25.1 Å². The minimum Gasteiger partial charge on any atom is -0.393 e. The maximum Gasteiger partial charge on any atom is 0.0590 e. The van der Waals surface area contributed by atoms with Gasteiger partial charge in [0.15, 0.2) is 0 Å². The van der Waals surface area contributed by atoms with E-state index in [9.17, 15) is 5.11 Å². The van der Waals surface area contributed by atoms with Gasteiger partial charge in [0.05, 0.1) is 6.10 Å². The van der Waals surface area contributed by atoms with Crippen LogP contribution in [0.25, 0.3) is 0 Å². The fourth-order valence-corrected chi connectivity index (χ4v) is 1.28. The molecule has 0 aromatic rings. The second-order valence-corrected chi connectivity index (χ2v) is 5.46. The Morgan fingerprint density at radius 1 is 1.50 bits per heavy atom. The number of thioether (sulfide) groups is 1. The van der Waals surface area contributed by atoms with Gasteiger partial charge in [-0.25, -0.2) is 0 Å². The molecule has 0 saturated carbocycles. The van der Waals surface area contributed by atoms with Gasteiger partial charge in [0, 0.05) is 4.75 Å². The standard InChI is InChI=1S/C9H21NOS/c1-7(6-10)8(11)5-9(2,3)12-4/h7-8,11H,5-6,10H2,1-4H3. The third-order valence-electron chi connectivity index (χ3n) is 2.28. The number of aliphatic hydroxyl groups excluding tert-OH is 1. The van der Waals surface area contributed by atoms with E-state index in [-0.39, 0.29) is 16.8 Å². The first-order valence-corrected chi connectivity index (χ1v) is 5.58. The molecule has 0 aromatic heterocycles. The number of aliphatic hydroxyl groups is 1. The van der Waals surface area contributed by atoms with E-state index >= 15 is 0 Å². The highest BCUT2D eigenvalue weighted by Crippen LogP contribution is 2.28. The van der Waals surface area contributed by atoms with Gasteiger partial charge >= 0.3 is 0 Å². The minimum absolute atomic E-state index is 0.156. The van der Waals surface area contributed by atoms with Crippen LogP contribution in [0.1, 0.15) is 27.2 Å². The highest BCUT2D eigenvalue weighted by Gasteiger charge is 2.23. The third-order valence-corrected chi connectivity index (χ3v) is 3.55. The normalized spacial score (nSPS) is 17.5. The van der Waals surface area contributed by atoms with Crippen molar-refractivity contribution in [1.82, 2.24) is 0 Å². The van der Waals surface area contributed by atoms with Gasteiger partial charge in [-0.15, -0.1) is 0 Å². The molecule has 2 nitrogen and oxygen atoms in total. The van der Waals surface area contributed by atoms with Crippen LogP contribution in [0.5, 0.6) is 0 Å². The molecule has 0 amide bonds. The molecule has 0 aliphatic carbocycles. The Balaban J connectivity index is 3.90. The Morgan fingerprint density at radius 3 is 2.33 bits per heavy atom. The monoisotopic (exact) mass is 191 g/mol. The van der Waals surface area contributed by atoms with Crippen LogP contribution in [0.2, 0.25) is 0 Å². The molecule has 74 valence electrons. The van der Waals surface area contributed by atoms with Crippen molar-refractivity contribution in [3.8, 4) is 0 Å². The van der Waals surface area contributed by atoms with E-state index in [2.05, 4.69) is 20.1 Å². The van der Waals surface area contributed by atoms with Crippen molar-refractivity contribution in [2.45, 2.75) is 38.0 Å². The highest BCUT2D eigenvalue weighted by molar-refractivity contribution is 7.99. The lowest BCUT2D eigenvalue weighted by Crippen LogP contribution is -2.31. The predicted molar refractivity (Wildman–Crippen MR) is 56.4 cm³/mol. The Labute approximate surface area is 79.9 Å². The molecule has 0 fully saturated rings. The smallest absolute Gasteiger partial charge is 0.0590 e. The fraction of sp³-hybridized carbons (Fsp3) is 1.00. The van der Waals surface area contributed by atoms with E-state index in [0.717, 1.165) is 6.42 Å². The van der Waals surface area contributed by atoms with Gasteiger partial charge in [0.1, 0.15) is 0 Å². The zero-order valence-corrected chi connectivity index (χ0v) is 9.32. The van der Waals surface area contributed by atoms with Crippen molar-refractivity contribution in [3.63, 3.8) is 0 Å². The number of hydrogen-bond acceptors (Lipinski definition) is 3. The third kappa shape index (κ3) is 4.33. The van der Waals surface area contributed by atoms with Gasteiger partial charge in [-0.1, -0.05) is 20.8 Å². The largest absolute Gasteiger partial charge is 0.393 e. The van der Waals surface area contributed by atoms with Crippen LogP contribution in [-0.4, -0.2) is 28.8 Å². The molecule has 0 aliphatic heterocycles. The molecular weight excluding hydrogens is 170 g/mol. The molecular formula is C9H21NOS. The van der Waals surface area contributed by atoms with Gasteiger partial charge in [0.25, 0.3) is 0 Å². The fourth-order valence-electron chi connectivity index (χ4n) is 0.945. The molecule has 0 spiro atoms. The molecule has 0 saturated heterocycles. The summed E-state index contributed by atoms with van der Waals surface area (Å²) in [5.74, 6) is 0.205. The summed E-state index contributed by atoms with van der Waals surface area (Å²) in [6, 6.07) is 0. The summed E-state index contributed by atoms with van der Waals surface area (Å²) in [7, 11) is 0. The van der Waals surface area contributed by atoms with Crippen LogP contribution in [0, 0.1) is 5.92 Å². The molecule has 0 bridgehead atoms. The van der Waals surface area contributed by atoms with Crippen LogP contribution in [-0.2, 0) is 0 Å². The highest BCUT2D eigenvalue weighted by atomic mass is 32.2. The van der Waals surface area contributed by atoms with Crippen LogP contribution in [0.15, 0.2) is 0 Å². The topological polar surface area (TPSA) is 46.2 Å². The van der Waals surface area contributed by atoms with E-state index < -0.39 is 0 Å². The predicted octanol–water partition coefficient (Wildman–Crippen LogP) is 1.47.